The van der Waals surface area contributed by atoms with Crippen molar-refractivity contribution in [3.8, 4) is 0 Å². The second-order valence-corrected chi connectivity index (χ2v) is 1.96. The van der Waals surface area contributed by atoms with E-state index in [0.717, 1.165) is 17.9 Å². The van der Waals surface area contributed by atoms with E-state index in [9.17, 15) is 0 Å². The van der Waals surface area contributed by atoms with Gasteiger partial charge in [0.25, 0.3) is 0 Å². The van der Waals surface area contributed by atoms with Crippen LogP contribution < -0.4 is 5.32 Å². The summed E-state index contributed by atoms with van der Waals surface area (Å²) in [6, 6.07) is 0. The van der Waals surface area contributed by atoms with Crippen molar-refractivity contribution in [3.63, 3.8) is 0 Å². The molecule has 0 saturated heterocycles. The smallest absolute Gasteiger partial charge is 0.124 e. The molecule has 1 aromatic heterocycles. The molecule has 0 bridgehead atoms. The van der Waals surface area contributed by atoms with E-state index in [1.807, 2.05) is 20.8 Å². The lowest BCUT2D eigenvalue weighted by molar-refractivity contribution is 1.06. The monoisotopic (exact) mass is 155 g/mol. The van der Waals surface area contributed by atoms with Gasteiger partial charge in [-0.3, -0.25) is 5.10 Å². The standard InChI is InChI=1S/C6H11N3.C2H6/c1-3-7-6-5(2)4-8-9-6;1-2/h4H,3H2,1-2H3,(H2,7,8,9);1-2H3. The largest absolute Gasteiger partial charge is 0.371 e. The summed E-state index contributed by atoms with van der Waals surface area (Å²) in [5, 5.41) is 9.84. The van der Waals surface area contributed by atoms with Gasteiger partial charge >= 0.3 is 0 Å². The number of nitrogens with one attached hydrogen (secondary N) is 2. The normalized spacial score (nSPS) is 8.36. The molecule has 1 heterocycles. The summed E-state index contributed by atoms with van der Waals surface area (Å²) in [6.45, 7) is 9.00. The second-order valence-electron chi connectivity index (χ2n) is 1.96. The summed E-state index contributed by atoms with van der Waals surface area (Å²) in [5.41, 5.74) is 1.16. The maximum atomic E-state index is 3.85. The molecule has 0 aliphatic carbocycles. The Labute approximate surface area is 68.2 Å². The van der Waals surface area contributed by atoms with Crippen LogP contribution in [0.25, 0.3) is 0 Å². The second kappa shape index (κ2) is 5.77. The Kier molecular flexibility index (Phi) is 5.25. The highest BCUT2D eigenvalue weighted by molar-refractivity contribution is 5.40. The van der Waals surface area contributed by atoms with Crippen LogP contribution in [0.4, 0.5) is 5.82 Å². The molecule has 1 rings (SSSR count). The van der Waals surface area contributed by atoms with Crippen molar-refractivity contribution in [1.82, 2.24) is 10.2 Å². The van der Waals surface area contributed by atoms with Gasteiger partial charge in [0.05, 0.1) is 6.20 Å². The Morgan fingerprint density at radius 1 is 1.55 bits per heavy atom. The molecule has 3 nitrogen and oxygen atoms in total. The summed E-state index contributed by atoms with van der Waals surface area (Å²) in [7, 11) is 0. The molecule has 64 valence electrons. The molecule has 0 saturated carbocycles. The highest BCUT2D eigenvalue weighted by Crippen LogP contribution is 2.06. The SMILES string of the molecule is CC.CCNc1[nH]ncc1C. The van der Waals surface area contributed by atoms with Crippen molar-refractivity contribution in [2.45, 2.75) is 27.7 Å². The summed E-state index contributed by atoms with van der Waals surface area (Å²) < 4.78 is 0. The lowest BCUT2D eigenvalue weighted by Gasteiger charge is -1.97. The Balaban J connectivity index is 0.000000461. The number of hydrogen-bond donors (Lipinski definition) is 2. The zero-order chi connectivity index (χ0) is 8.69. The van der Waals surface area contributed by atoms with Gasteiger partial charge in [0.1, 0.15) is 5.82 Å². The molecule has 0 amide bonds. The molecule has 0 fully saturated rings. The van der Waals surface area contributed by atoms with E-state index in [1.54, 1.807) is 6.20 Å². The quantitative estimate of drug-likeness (QED) is 0.687. The van der Waals surface area contributed by atoms with Crippen LogP contribution in [0, 0.1) is 6.92 Å². The fourth-order valence-corrected chi connectivity index (χ4v) is 0.702. The number of nitrogens with zero attached hydrogens (tertiary/aromatic N) is 1. The fraction of sp³-hybridized carbons (Fsp3) is 0.625. The average molecular weight is 155 g/mol. The van der Waals surface area contributed by atoms with Gasteiger partial charge in [-0.05, 0) is 13.8 Å². The summed E-state index contributed by atoms with van der Waals surface area (Å²) in [4.78, 5) is 0. The number of aromatic nitrogens is 2. The first kappa shape index (κ1) is 10.0. The number of aromatic amines is 1. The van der Waals surface area contributed by atoms with Crippen LogP contribution >= 0.6 is 0 Å². The molecule has 1 aromatic rings. The molecular weight excluding hydrogens is 138 g/mol. The predicted molar refractivity (Wildman–Crippen MR) is 48.8 cm³/mol. The van der Waals surface area contributed by atoms with E-state index in [0.29, 0.717) is 0 Å². The highest BCUT2D eigenvalue weighted by atomic mass is 15.2. The van der Waals surface area contributed by atoms with Crippen LogP contribution in [0.3, 0.4) is 0 Å². The number of H-pyrrole nitrogens is 1. The summed E-state index contributed by atoms with van der Waals surface area (Å²) in [5.74, 6) is 1.03. The Bertz CT molecular complexity index is 181. The summed E-state index contributed by atoms with van der Waals surface area (Å²) >= 11 is 0. The topological polar surface area (TPSA) is 40.7 Å². The van der Waals surface area contributed by atoms with E-state index >= 15 is 0 Å². The minimum absolute atomic E-state index is 0.934. The van der Waals surface area contributed by atoms with Crippen LogP contribution in [-0.4, -0.2) is 16.7 Å². The van der Waals surface area contributed by atoms with E-state index < -0.39 is 0 Å². The minimum Gasteiger partial charge on any atom is -0.371 e. The lowest BCUT2D eigenvalue weighted by Crippen LogP contribution is -1.97. The van der Waals surface area contributed by atoms with E-state index in [1.165, 1.54) is 0 Å². The molecule has 0 radical (unpaired) electrons. The maximum absolute atomic E-state index is 3.85. The van der Waals surface area contributed by atoms with Crippen LogP contribution in [0.1, 0.15) is 26.3 Å². The molecule has 0 aliphatic rings. The molecule has 0 spiro atoms. The third-order valence-electron chi connectivity index (χ3n) is 1.18. The lowest BCUT2D eigenvalue weighted by atomic mass is 10.4. The molecule has 11 heavy (non-hydrogen) atoms. The van der Waals surface area contributed by atoms with Gasteiger partial charge in [-0.1, -0.05) is 13.8 Å². The molecule has 0 aromatic carbocycles. The van der Waals surface area contributed by atoms with E-state index in [2.05, 4.69) is 22.4 Å². The third kappa shape index (κ3) is 3.07. The van der Waals surface area contributed by atoms with Crippen LogP contribution in [-0.2, 0) is 0 Å². The number of aryl methyl sites for hydroxylation is 1. The molecule has 0 atom stereocenters. The van der Waals surface area contributed by atoms with Gasteiger partial charge in [-0.2, -0.15) is 5.10 Å². The molecule has 0 unspecified atom stereocenters. The number of hydrogen-bond acceptors (Lipinski definition) is 2. The zero-order valence-corrected chi connectivity index (χ0v) is 7.73. The molecule has 2 N–H and O–H groups in total. The van der Waals surface area contributed by atoms with Crippen molar-refractivity contribution in [2.24, 2.45) is 0 Å². The van der Waals surface area contributed by atoms with Crippen molar-refractivity contribution in [1.29, 1.82) is 0 Å². The Hall–Kier alpha value is -0.990. The van der Waals surface area contributed by atoms with E-state index in [4.69, 9.17) is 0 Å². The van der Waals surface area contributed by atoms with Crippen LogP contribution in [0.15, 0.2) is 6.20 Å². The molecule has 0 aliphatic heterocycles. The maximum Gasteiger partial charge on any atom is 0.124 e. The van der Waals surface area contributed by atoms with Gasteiger partial charge in [-0.15, -0.1) is 0 Å². The van der Waals surface area contributed by atoms with Gasteiger partial charge in [0.15, 0.2) is 0 Å². The zero-order valence-electron chi connectivity index (χ0n) is 7.73. The van der Waals surface area contributed by atoms with Crippen LogP contribution in [0.2, 0.25) is 0 Å². The predicted octanol–water partition coefficient (Wildman–Crippen LogP) is 2.18. The van der Waals surface area contributed by atoms with Gasteiger partial charge < -0.3 is 5.32 Å². The minimum atomic E-state index is 0.934. The van der Waals surface area contributed by atoms with E-state index in [-0.39, 0.29) is 0 Å². The summed E-state index contributed by atoms with van der Waals surface area (Å²) in [6.07, 6.45) is 1.80. The number of rotatable bonds is 2. The van der Waals surface area contributed by atoms with Crippen molar-refractivity contribution < 1.29 is 0 Å². The van der Waals surface area contributed by atoms with Crippen molar-refractivity contribution in [3.05, 3.63) is 11.8 Å². The first-order valence-corrected chi connectivity index (χ1v) is 4.08. The van der Waals surface area contributed by atoms with Crippen molar-refractivity contribution in [2.75, 3.05) is 11.9 Å². The molecular formula is C8H17N3. The third-order valence-corrected chi connectivity index (χ3v) is 1.18. The highest BCUT2D eigenvalue weighted by Gasteiger charge is 1.94. The Morgan fingerprint density at radius 2 is 2.18 bits per heavy atom. The first-order chi connectivity index (χ1) is 5.34. The van der Waals surface area contributed by atoms with Gasteiger partial charge in [-0.25, -0.2) is 0 Å². The molecule has 3 heteroatoms. The average Bonchev–Trinajstić information content (AvgIpc) is 2.42. The first-order valence-electron chi connectivity index (χ1n) is 4.08. The van der Waals surface area contributed by atoms with Crippen LogP contribution in [0.5, 0.6) is 0 Å². The van der Waals surface area contributed by atoms with Gasteiger partial charge in [0, 0.05) is 12.1 Å². The Morgan fingerprint density at radius 3 is 2.55 bits per heavy atom. The fourth-order valence-electron chi connectivity index (χ4n) is 0.702. The van der Waals surface area contributed by atoms with Crippen molar-refractivity contribution >= 4 is 5.82 Å². The number of anilines is 1. The van der Waals surface area contributed by atoms with Gasteiger partial charge in [0.2, 0.25) is 0 Å².